The molecule has 1 fully saturated rings. The Labute approximate surface area is 173 Å². The largest absolute Gasteiger partial charge is 0.379 e. The molecule has 3 rings (SSSR count). The molecule has 1 N–H and O–H groups in total. The average Bonchev–Trinajstić information content (AvgIpc) is 3.06. The minimum Gasteiger partial charge on any atom is -0.379 e. The van der Waals surface area contributed by atoms with Gasteiger partial charge in [-0.3, -0.25) is 0 Å². The van der Waals surface area contributed by atoms with E-state index in [4.69, 9.17) is 4.74 Å². The Balaban J connectivity index is 2.11. The summed E-state index contributed by atoms with van der Waals surface area (Å²) in [6, 6.07) is 15.9. The molecular weight excluding hydrogens is 386 g/mol. The molecule has 154 valence electrons. The van der Waals surface area contributed by atoms with Crippen LogP contribution < -0.4 is 0 Å². The minimum absolute atomic E-state index is 0.0649. The first kappa shape index (κ1) is 21.5. The molecule has 0 spiro atoms. The highest BCUT2D eigenvalue weighted by Crippen LogP contribution is 2.38. The van der Waals surface area contributed by atoms with E-state index in [0.717, 1.165) is 11.1 Å². The van der Waals surface area contributed by atoms with Gasteiger partial charge in [0.1, 0.15) is 5.60 Å². The number of aryl methyl sites for hydroxylation is 1. The van der Waals surface area contributed by atoms with E-state index < -0.39 is 15.6 Å². The van der Waals surface area contributed by atoms with E-state index in [0.29, 0.717) is 11.1 Å². The Bertz CT molecular complexity index is 1040. The fraction of sp³-hybridized carbons (Fsp3) is 0.348. The maximum atomic E-state index is 13.2. The molecule has 29 heavy (non-hydrogen) atoms. The number of hydrogen-bond acceptors (Lipinski definition) is 4. The van der Waals surface area contributed by atoms with E-state index in [1.807, 2.05) is 39.0 Å². The summed E-state index contributed by atoms with van der Waals surface area (Å²) in [5.74, 6) is 0. The SMILES string of the molecule is COC(C)C(C)=C=C1CN(S(=O)(=O)c2ccc(C)cc2)C[C@@]1(O)c1ccccc1. The Morgan fingerprint density at radius 3 is 2.38 bits per heavy atom. The molecule has 5 nitrogen and oxygen atoms in total. The third kappa shape index (κ3) is 4.22. The summed E-state index contributed by atoms with van der Waals surface area (Å²) in [5.41, 5.74) is 4.72. The molecule has 1 heterocycles. The Kier molecular flexibility index (Phi) is 6.13. The summed E-state index contributed by atoms with van der Waals surface area (Å²) in [4.78, 5) is 0.214. The molecule has 0 radical (unpaired) electrons. The Morgan fingerprint density at radius 2 is 1.79 bits per heavy atom. The summed E-state index contributed by atoms with van der Waals surface area (Å²) in [7, 11) is -2.15. The predicted molar refractivity (Wildman–Crippen MR) is 113 cm³/mol. The topological polar surface area (TPSA) is 66.8 Å². The molecule has 0 saturated carbocycles. The zero-order chi connectivity index (χ0) is 21.2. The highest BCUT2D eigenvalue weighted by atomic mass is 32.2. The number of benzene rings is 2. The van der Waals surface area contributed by atoms with Gasteiger partial charge < -0.3 is 9.84 Å². The predicted octanol–water partition coefficient (Wildman–Crippen LogP) is 3.39. The van der Waals surface area contributed by atoms with E-state index >= 15 is 0 Å². The molecule has 1 saturated heterocycles. The van der Waals surface area contributed by atoms with Crippen LogP contribution >= 0.6 is 0 Å². The molecule has 0 aliphatic carbocycles. The van der Waals surface area contributed by atoms with E-state index in [-0.39, 0.29) is 24.1 Å². The van der Waals surface area contributed by atoms with Gasteiger partial charge in [0.15, 0.2) is 0 Å². The van der Waals surface area contributed by atoms with Crippen molar-refractivity contribution in [2.45, 2.75) is 37.4 Å². The molecule has 0 amide bonds. The molecule has 6 heteroatoms. The van der Waals surface area contributed by atoms with Crippen LogP contribution in [-0.2, 0) is 20.4 Å². The third-order valence-corrected chi connectivity index (χ3v) is 7.27. The summed E-state index contributed by atoms with van der Waals surface area (Å²) in [6.07, 6.45) is -0.190. The molecule has 2 atom stereocenters. The zero-order valence-electron chi connectivity index (χ0n) is 17.2. The van der Waals surface area contributed by atoms with E-state index in [2.05, 4.69) is 5.73 Å². The van der Waals surface area contributed by atoms with E-state index in [1.165, 1.54) is 4.31 Å². The summed E-state index contributed by atoms with van der Waals surface area (Å²) < 4.78 is 33.1. The summed E-state index contributed by atoms with van der Waals surface area (Å²) in [5, 5.41) is 11.6. The van der Waals surface area contributed by atoms with Crippen LogP contribution in [0.2, 0.25) is 0 Å². The normalized spacial score (nSPS) is 21.1. The van der Waals surface area contributed by atoms with Gasteiger partial charge in [-0.05, 0) is 44.0 Å². The second-order valence-corrected chi connectivity index (χ2v) is 9.41. The molecule has 1 aliphatic heterocycles. The number of rotatable bonds is 5. The van der Waals surface area contributed by atoms with Crippen molar-refractivity contribution in [2.75, 3.05) is 20.2 Å². The van der Waals surface area contributed by atoms with Crippen molar-refractivity contribution in [3.8, 4) is 0 Å². The van der Waals surface area contributed by atoms with Crippen LogP contribution in [0.15, 0.2) is 76.4 Å². The minimum atomic E-state index is -3.76. The maximum Gasteiger partial charge on any atom is 0.243 e. The fourth-order valence-electron chi connectivity index (χ4n) is 3.38. The molecule has 0 bridgehead atoms. The summed E-state index contributed by atoms with van der Waals surface area (Å²) in [6.45, 7) is 5.66. The quantitative estimate of drug-likeness (QED) is 0.763. The van der Waals surface area contributed by atoms with Crippen molar-refractivity contribution in [1.82, 2.24) is 4.31 Å². The Hall–Kier alpha value is -2.21. The maximum absolute atomic E-state index is 13.2. The van der Waals surface area contributed by atoms with Gasteiger partial charge in [0, 0.05) is 19.2 Å². The number of sulfonamides is 1. The van der Waals surface area contributed by atoms with E-state index in [1.54, 1.807) is 43.5 Å². The smallest absolute Gasteiger partial charge is 0.243 e. The van der Waals surface area contributed by atoms with Crippen LogP contribution in [-0.4, -0.2) is 44.1 Å². The highest BCUT2D eigenvalue weighted by molar-refractivity contribution is 7.89. The van der Waals surface area contributed by atoms with Gasteiger partial charge in [0.05, 0.1) is 17.5 Å². The van der Waals surface area contributed by atoms with Gasteiger partial charge in [-0.15, -0.1) is 5.73 Å². The molecule has 1 aliphatic rings. The van der Waals surface area contributed by atoms with Gasteiger partial charge in [0.25, 0.3) is 0 Å². The number of hydrogen-bond donors (Lipinski definition) is 1. The second kappa shape index (κ2) is 8.27. The Morgan fingerprint density at radius 1 is 1.17 bits per heavy atom. The number of aliphatic hydroxyl groups is 1. The van der Waals surface area contributed by atoms with Crippen molar-refractivity contribution >= 4 is 10.0 Å². The lowest BCUT2D eigenvalue weighted by atomic mass is 9.88. The van der Waals surface area contributed by atoms with Crippen molar-refractivity contribution in [1.29, 1.82) is 0 Å². The molecule has 1 unspecified atom stereocenters. The van der Waals surface area contributed by atoms with Crippen LogP contribution in [0.5, 0.6) is 0 Å². The lowest BCUT2D eigenvalue weighted by molar-refractivity contribution is 0.0869. The monoisotopic (exact) mass is 413 g/mol. The van der Waals surface area contributed by atoms with Gasteiger partial charge in [-0.25, -0.2) is 8.42 Å². The van der Waals surface area contributed by atoms with Crippen molar-refractivity contribution in [3.63, 3.8) is 0 Å². The first-order chi connectivity index (χ1) is 13.7. The third-order valence-electron chi connectivity index (χ3n) is 5.46. The van der Waals surface area contributed by atoms with Gasteiger partial charge in [0.2, 0.25) is 10.0 Å². The van der Waals surface area contributed by atoms with Crippen LogP contribution in [0, 0.1) is 6.92 Å². The fourth-order valence-corrected chi connectivity index (χ4v) is 4.82. The highest BCUT2D eigenvalue weighted by Gasteiger charge is 2.47. The molecular formula is C23H27NO4S. The average molecular weight is 414 g/mol. The van der Waals surface area contributed by atoms with Crippen LogP contribution in [0.25, 0.3) is 0 Å². The van der Waals surface area contributed by atoms with Gasteiger partial charge >= 0.3 is 0 Å². The van der Waals surface area contributed by atoms with Crippen molar-refractivity contribution in [2.24, 2.45) is 0 Å². The first-order valence-corrected chi connectivity index (χ1v) is 11.0. The van der Waals surface area contributed by atoms with Crippen LogP contribution in [0.4, 0.5) is 0 Å². The van der Waals surface area contributed by atoms with Crippen LogP contribution in [0.3, 0.4) is 0 Å². The molecule has 2 aromatic carbocycles. The molecule has 2 aromatic rings. The second-order valence-electron chi connectivity index (χ2n) is 7.48. The van der Waals surface area contributed by atoms with Crippen LogP contribution in [0.1, 0.15) is 25.0 Å². The number of methoxy groups -OCH3 is 1. The molecule has 0 aromatic heterocycles. The lowest BCUT2D eigenvalue weighted by Crippen LogP contribution is -2.34. The zero-order valence-corrected chi connectivity index (χ0v) is 18.0. The van der Waals surface area contributed by atoms with Gasteiger partial charge in [-0.1, -0.05) is 48.0 Å². The number of β-amino-alcohol motifs (C(OH)–C–C–N with tert-alkyl or cyclic N) is 1. The number of ether oxygens (including phenoxy) is 1. The van der Waals surface area contributed by atoms with Crippen molar-refractivity contribution in [3.05, 3.63) is 82.6 Å². The first-order valence-electron chi connectivity index (χ1n) is 9.53. The van der Waals surface area contributed by atoms with Gasteiger partial charge in [-0.2, -0.15) is 4.31 Å². The van der Waals surface area contributed by atoms with E-state index in [9.17, 15) is 13.5 Å². The van der Waals surface area contributed by atoms with Crippen molar-refractivity contribution < 1.29 is 18.3 Å². The standard InChI is InChI=1S/C23H27NO4S/c1-17-10-12-22(13-11-17)29(26,27)24-15-21(14-18(2)19(3)28-4)23(25,16-24)20-8-6-5-7-9-20/h5-13,19,25H,15-16H2,1-4H3/t14?,19?,23-/m1/s1. The summed E-state index contributed by atoms with van der Waals surface area (Å²) >= 11 is 0. The number of nitrogens with zero attached hydrogens (tertiary/aromatic N) is 1. The lowest BCUT2D eigenvalue weighted by Gasteiger charge is -2.24.